The molecule has 96 valence electrons. The Morgan fingerprint density at radius 2 is 2.24 bits per heavy atom. The molecular weight excluding hydrogens is 238 g/mol. The number of rotatable bonds is 7. The summed E-state index contributed by atoms with van der Waals surface area (Å²) in [7, 11) is 0. The Bertz CT molecular complexity index is 344. The minimum absolute atomic E-state index is 0.132. The predicted octanol–water partition coefficient (Wildman–Crippen LogP) is 2.77. The minimum Gasteiger partial charge on any atom is -0.492 e. The molecule has 0 bridgehead atoms. The van der Waals surface area contributed by atoms with Crippen molar-refractivity contribution in [2.24, 2.45) is 0 Å². The van der Waals surface area contributed by atoms with Crippen molar-refractivity contribution in [2.45, 2.75) is 26.3 Å². The van der Waals surface area contributed by atoms with Gasteiger partial charge in [0.15, 0.2) is 0 Å². The van der Waals surface area contributed by atoms with E-state index in [2.05, 4.69) is 19.2 Å². The van der Waals surface area contributed by atoms with Gasteiger partial charge in [0.05, 0.1) is 11.6 Å². The van der Waals surface area contributed by atoms with Crippen LogP contribution in [-0.4, -0.2) is 24.9 Å². The summed E-state index contributed by atoms with van der Waals surface area (Å²) in [5.41, 5.74) is 1.14. The fourth-order valence-electron chi connectivity index (χ4n) is 1.57. The summed E-state index contributed by atoms with van der Waals surface area (Å²) in [5, 5.41) is 12.6. The molecule has 0 spiro atoms. The third-order valence-electron chi connectivity index (χ3n) is 2.53. The van der Waals surface area contributed by atoms with Crippen molar-refractivity contribution >= 4 is 11.6 Å². The molecule has 1 unspecified atom stereocenters. The zero-order valence-electron chi connectivity index (χ0n) is 10.4. The average molecular weight is 258 g/mol. The zero-order chi connectivity index (χ0) is 12.7. The highest BCUT2D eigenvalue weighted by Crippen LogP contribution is 2.27. The normalized spacial score (nSPS) is 12.5. The van der Waals surface area contributed by atoms with Crippen LogP contribution in [0.2, 0.25) is 5.02 Å². The van der Waals surface area contributed by atoms with Gasteiger partial charge in [-0.2, -0.15) is 0 Å². The quantitative estimate of drug-likeness (QED) is 0.738. The molecule has 0 saturated carbocycles. The highest BCUT2D eigenvalue weighted by atomic mass is 35.5. The number of ether oxygens (including phenoxy) is 1. The van der Waals surface area contributed by atoms with Gasteiger partial charge >= 0.3 is 0 Å². The first-order chi connectivity index (χ1) is 8.19. The van der Waals surface area contributed by atoms with Gasteiger partial charge in [0.1, 0.15) is 5.75 Å². The van der Waals surface area contributed by atoms with E-state index in [1.165, 1.54) is 0 Å². The SMILES string of the molecule is CCNC(C)c1ccc(OCCCO)c(Cl)c1. The van der Waals surface area contributed by atoms with Gasteiger partial charge in [0, 0.05) is 19.1 Å². The van der Waals surface area contributed by atoms with Gasteiger partial charge in [-0.1, -0.05) is 24.6 Å². The molecule has 4 heteroatoms. The number of aliphatic hydroxyl groups excluding tert-OH is 1. The molecule has 3 nitrogen and oxygen atoms in total. The molecule has 1 aromatic carbocycles. The van der Waals surface area contributed by atoms with E-state index in [0.29, 0.717) is 23.8 Å². The standard InChI is InChI=1S/C13H20ClNO2/c1-3-15-10(2)11-5-6-13(12(14)9-11)17-8-4-7-16/h5-6,9-10,15-16H,3-4,7-8H2,1-2H3. The van der Waals surface area contributed by atoms with Crippen molar-refractivity contribution in [2.75, 3.05) is 19.8 Å². The molecule has 0 radical (unpaired) electrons. The zero-order valence-corrected chi connectivity index (χ0v) is 11.1. The van der Waals surface area contributed by atoms with Crippen LogP contribution in [-0.2, 0) is 0 Å². The van der Waals surface area contributed by atoms with Gasteiger partial charge in [-0.15, -0.1) is 0 Å². The summed E-state index contributed by atoms with van der Waals surface area (Å²) in [4.78, 5) is 0. The minimum atomic E-state index is 0.132. The second kappa shape index (κ2) is 7.54. The summed E-state index contributed by atoms with van der Waals surface area (Å²) in [6.45, 7) is 5.71. The highest BCUT2D eigenvalue weighted by molar-refractivity contribution is 6.32. The van der Waals surface area contributed by atoms with Gasteiger partial charge in [0.2, 0.25) is 0 Å². The Hall–Kier alpha value is -0.770. The molecule has 0 amide bonds. The van der Waals surface area contributed by atoms with Gasteiger partial charge < -0.3 is 15.2 Å². The largest absolute Gasteiger partial charge is 0.492 e. The fourth-order valence-corrected chi connectivity index (χ4v) is 1.82. The van der Waals surface area contributed by atoms with Crippen LogP contribution in [0.1, 0.15) is 31.9 Å². The third-order valence-corrected chi connectivity index (χ3v) is 2.82. The second-order valence-electron chi connectivity index (χ2n) is 3.89. The maximum Gasteiger partial charge on any atom is 0.137 e. The second-order valence-corrected chi connectivity index (χ2v) is 4.30. The van der Waals surface area contributed by atoms with Gasteiger partial charge in [-0.3, -0.25) is 0 Å². The van der Waals surface area contributed by atoms with Crippen LogP contribution in [0.25, 0.3) is 0 Å². The van der Waals surface area contributed by atoms with Crippen LogP contribution in [0.4, 0.5) is 0 Å². The highest BCUT2D eigenvalue weighted by Gasteiger charge is 2.07. The van der Waals surface area contributed by atoms with E-state index in [1.807, 2.05) is 18.2 Å². The molecule has 0 aliphatic rings. The summed E-state index contributed by atoms with van der Waals surface area (Å²) >= 11 is 6.14. The molecule has 0 heterocycles. The fraction of sp³-hybridized carbons (Fsp3) is 0.538. The van der Waals surface area contributed by atoms with E-state index in [4.69, 9.17) is 21.4 Å². The number of benzene rings is 1. The topological polar surface area (TPSA) is 41.5 Å². The molecule has 1 atom stereocenters. The third kappa shape index (κ3) is 4.54. The molecule has 0 saturated heterocycles. The molecule has 0 aromatic heterocycles. The first-order valence-corrected chi connectivity index (χ1v) is 6.33. The summed E-state index contributed by atoms with van der Waals surface area (Å²) in [6.07, 6.45) is 0.617. The van der Waals surface area contributed by atoms with E-state index >= 15 is 0 Å². The van der Waals surface area contributed by atoms with Crippen molar-refractivity contribution in [3.8, 4) is 5.75 Å². The van der Waals surface area contributed by atoms with Gasteiger partial charge in [0.25, 0.3) is 0 Å². The Balaban J connectivity index is 2.65. The molecule has 2 N–H and O–H groups in total. The number of aliphatic hydroxyl groups is 1. The number of nitrogens with one attached hydrogen (secondary N) is 1. The lowest BCUT2D eigenvalue weighted by atomic mass is 10.1. The van der Waals surface area contributed by atoms with Gasteiger partial charge in [-0.25, -0.2) is 0 Å². The Labute approximate surface area is 108 Å². The molecule has 0 fully saturated rings. The van der Waals surface area contributed by atoms with Crippen molar-refractivity contribution in [1.82, 2.24) is 5.32 Å². The van der Waals surface area contributed by atoms with Crippen molar-refractivity contribution in [1.29, 1.82) is 0 Å². The summed E-state index contributed by atoms with van der Waals surface area (Å²) in [5.74, 6) is 0.674. The van der Waals surface area contributed by atoms with E-state index in [9.17, 15) is 0 Å². The summed E-state index contributed by atoms with van der Waals surface area (Å²) in [6, 6.07) is 6.09. The molecule has 17 heavy (non-hydrogen) atoms. The van der Waals surface area contributed by atoms with Crippen LogP contribution in [0.3, 0.4) is 0 Å². The molecule has 1 rings (SSSR count). The summed E-state index contributed by atoms with van der Waals surface area (Å²) < 4.78 is 5.46. The predicted molar refractivity (Wildman–Crippen MR) is 70.7 cm³/mol. The van der Waals surface area contributed by atoms with Crippen LogP contribution < -0.4 is 10.1 Å². The van der Waals surface area contributed by atoms with E-state index < -0.39 is 0 Å². The monoisotopic (exact) mass is 257 g/mol. The van der Waals surface area contributed by atoms with Crippen molar-refractivity contribution < 1.29 is 9.84 Å². The molecule has 0 aliphatic carbocycles. The van der Waals surface area contributed by atoms with E-state index in [1.54, 1.807) is 0 Å². The maximum atomic E-state index is 8.67. The smallest absolute Gasteiger partial charge is 0.137 e. The van der Waals surface area contributed by atoms with Crippen LogP contribution >= 0.6 is 11.6 Å². The molecule has 1 aromatic rings. The van der Waals surface area contributed by atoms with E-state index in [0.717, 1.165) is 12.1 Å². The average Bonchev–Trinajstić information content (AvgIpc) is 2.31. The van der Waals surface area contributed by atoms with Crippen molar-refractivity contribution in [3.05, 3.63) is 28.8 Å². The lowest BCUT2D eigenvalue weighted by Crippen LogP contribution is -2.17. The van der Waals surface area contributed by atoms with Crippen LogP contribution in [0.15, 0.2) is 18.2 Å². The Morgan fingerprint density at radius 3 is 2.82 bits per heavy atom. The number of hydrogen-bond acceptors (Lipinski definition) is 3. The number of hydrogen-bond donors (Lipinski definition) is 2. The van der Waals surface area contributed by atoms with Crippen molar-refractivity contribution in [3.63, 3.8) is 0 Å². The lowest BCUT2D eigenvalue weighted by molar-refractivity contribution is 0.233. The Kier molecular flexibility index (Phi) is 6.34. The maximum absolute atomic E-state index is 8.67. The number of halogens is 1. The molecule has 0 aliphatic heterocycles. The van der Waals surface area contributed by atoms with Crippen LogP contribution in [0.5, 0.6) is 5.75 Å². The van der Waals surface area contributed by atoms with Crippen LogP contribution in [0, 0.1) is 0 Å². The first-order valence-electron chi connectivity index (χ1n) is 5.95. The molecular formula is C13H20ClNO2. The Morgan fingerprint density at radius 1 is 1.47 bits per heavy atom. The first kappa shape index (κ1) is 14.3. The van der Waals surface area contributed by atoms with Gasteiger partial charge in [-0.05, 0) is 31.2 Å². The lowest BCUT2D eigenvalue weighted by Gasteiger charge is -2.14. The van der Waals surface area contributed by atoms with E-state index in [-0.39, 0.29) is 12.6 Å².